The fourth-order valence-electron chi connectivity index (χ4n) is 2.95. The first kappa shape index (κ1) is 17.5. The lowest BCUT2D eigenvalue weighted by Crippen LogP contribution is -2.26. The highest BCUT2D eigenvalue weighted by atomic mass is 16.6. The quantitative estimate of drug-likeness (QED) is 0.419. The van der Waals surface area contributed by atoms with Crippen LogP contribution in [-0.4, -0.2) is 18.0 Å². The van der Waals surface area contributed by atoms with Crippen LogP contribution < -0.4 is 5.32 Å². The number of unbranched alkanes of at least 4 members (excludes halogenated alkanes) is 5. The van der Waals surface area contributed by atoms with Crippen LogP contribution in [0.2, 0.25) is 0 Å². The molecule has 0 saturated carbocycles. The van der Waals surface area contributed by atoms with Crippen molar-refractivity contribution in [1.82, 2.24) is 0 Å². The molecule has 0 radical (unpaired) electrons. The molecule has 1 saturated heterocycles. The Balaban J connectivity index is 1.71. The molecule has 1 fully saturated rings. The third-order valence-corrected chi connectivity index (χ3v) is 4.30. The van der Waals surface area contributed by atoms with Crippen molar-refractivity contribution in [1.29, 1.82) is 0 Å². The molecule has 1 aliphatic heterocycles. The highest BCUT2D eigenvalue weighted by Crippen LogP contribution is 2.26. The minimum Gasteiger partial charge on any atom is -0.462 e. The van der Waals surface area contributed by atoms with Gasteiger partial charge >= 0.3 is 5.97 Å². The summed E-state index contributed by atoms with van der Waals surface area (Å²) < 4.78 is 5.36. The molecular weight excluding hydrogens is 290 g/mol. The monoisotopic (exact) mass is 317 g/mol. The topological polar surface area (TPSA) is 55.4 Å². The van der Waals surface area contributed by atoms with E-state index in [9.17, 15) is 9.59 Å². The fourth-order valence-corrected chi connectivity index (χ4v) is 2.95. The minimum atomic E-state index is -0.666. The van der Waals surface area contributed by atoms with Gasteiger partial charge in [-0.2, -0.15) is 0 Å². The number of carbonyl (C=O) groups is 2. The van der Waals surface area contributed by atoms with Gasteiger partial charge in [-0.25, -0.2) is 0 Å². The zero-order valence-electron chi connectivity index (χ0n) is 13.9. The van der Waals surface area contributed by atoms with Crippen LogP contribution in [0.3, 0.4) is 0 Å². The van der Waals surface area contributed by atoms with Crippen molar-refractivity contribution in [3.63, 3.8) is 0 Å². The summed E-state index contributed by atoms with van der Waals surface area (Å²) >= 11 is 0. The van der Waals surface area contributed by atoms with Gasteiger partial charge in [-0.3, -0.25) is 9.59 Å². The molecule has 1 amide bonds. The molecule has 1 aromatic rings. The number of esters is 1. The van der Waals surface area contributed by atoms with E-state index in [0.717, 1.165) is 12.8 Å². The van der Waals surface area contributed by atoms with Gasteiger partial charge in [0, 0.05) is 12.1 Å². The van der Waals surface area contributed by atoms with Crippen molar-refractivity contribution >= 4 is 17.6 Å². The van der Waals surface area contributed by atoms with Crippen LogP contribution in [0.15, 0.2) is 30.3 Å². The van der Waals surface area contributed by atoms with Crippen LogP contribution in [0, 0.1) is 5.92 Å². The molecule has 1 aliphatic rings. The largest absolute Gasteiger partial charge is 0.462 e. The van der Waals surface area contributed by atoms with Crippen molar-refractivity contribution in [2.75, 3.05) is 5.32 Å². The third kappa shape index (κ3) is 5.70. The zero-order chi connectivity index (χ0) is 16.5. The maximum atomic E-state index is 12.2. The van der Waals surface area contributed by atoms with Crippen molar-refractivity contribution in [2.45, 2.75) is 64.4 Å². The maximum absolute atomic E-state index is 12.2. The average Bonchev–Trinajstić information content (AvgIpc) is 2.93. The molecule has 0 unspecified atom stereocenters. The van der Waals surface area contributed by atoms with Crippen molar-refractivity contribution in [3.05, 3.63) is 30.3 Å². The highest BCUT2D eigenvalue weighted by Gasteiger charge is 2.39. The highest BCUT2D eigenvalue weighted by molar-refractivity contribution is 6.05. The molecule has 0 aromatic heterocycles. The number of carbonyl (C=O) groups excluding carboxylic acids is 2. The fraction of sp³-hybridized carbons (Fsp3) is 0.579. The number of hydrogen-bond donors (Lipinski definition) is 1. The van der Waals surface area contributed by atoms with Gasteiger partial charge in [0.05, 0.1) is 0 Å². The molecular formula is C19H27NO3. The van der Waals surface area contributed by atoms with Gasteiger partial charge in [0.25, 0.3) is 0 Å². The molecule has 4 heteroatoms. The van der Waals surface area contributed by atoms with E-state index in [2.05, 4.69) is 12.2 Å². The van der Waals surface area contributed by atoms with Gasteiger partial charge in [-0.1, -0.05) is 57.2 Å². The average molecular weight is 317 g/mol. The maximum Gasteiger partial charge on any atom is 0.318 e. The van der Waals surface area contributed by atoms with E-state index in [1.54, 1.807) is 0 Å². The second-order valence-corrected chi connectivity index (χ2v) is 6.26. The summed E-state index contributed by atoms with van der Waals surface area (Å²) in [6.45, 7) is 2.21. The molecule has 4 nitrogen and oxygen atoms in total. The number of rotatable bonds is 9. The second kappa shape index (κ2) is 9.33. The number of para-hydroxylation sites is 1. The Labute approximate surface area is 138 Å². The van der Waals surface area contributed by atoms with E-state index >= 15 is 0 Å². The molecule has 0 bridgehead atoms. The number of benzene rings is 1. The summed E-state index contributed by atoms with van der Waals surface area (Å²) in [6, 6.07) is 9.21. The summed E-state index contributed by atoms with van der Waals surface area (Å²) in [5, 5.41) is 2.79. The molecule has 2 atom stereocenters. The van der Waals surface area contributed by atoms with E-state index in [1.807, 2.05) is 30.3 Å². The van der Waals surface area contributed by atoms with Crippen molar-refractivity contribution < 1.29 is 14.3 Å². The number of amides is 1. The van der Waals surface area contributed by atoms with Gasteiger partial charge < -0.3 is 10.1 Å². The van der Waals surface area contributed by atoms with Crippen LogP contribution in [0.4, 0.5) is 5.69 Å². The minimum absolute atomic E-state index is 0.0970. The Morgan fingerprint density at radius 2 is 1.83 bits per heavy atom. The molecule has 23 heavy (non-hydrogen) atoms. The third-order valence-electron chi connectivity index (χ3n) is 4.30. The number of hydrogen-bond acceptors (Lipinski definition) is 3. The Morgan fingerprint density at radius 3 is 2.57 bits per heavy atom. The van der Waals surface area contributed by atoms with Gasteiger partial charge in [-0.05, 0) is 25.0 Å². The van der Waals surface area contributed by atoms with E-state index in [4.69, 9.17) is 4.74 Å². The predicted molar refractivity (Wildman–Crippen MR) is 91.1 cm³/mol. The van der Waals surface area contributed by atoms with Gasteiger partial charge in [-0.15, -0.1) is 0 Å². The van der Waals surface area contributed by atoms with Crippen molar-refractivity contribution in [3.8, 4) is 0 Å². The molecule has 1 aromatic carbocycles. The van der Waals surface area contributed by atoms with E-state index < -0.39 is 5.92 Å². The number of anilines is 1. The smallest absolute Gasteiger partial charge is 0.318 e. The normalized spacial score (nSPS) is 20.3. The van der Waals surface area contributed by atoms with Crippen LogP contribution in [-0.2, 0) is 14.3 Å². The Hall–Kier alpha value is -1.84. The summed E-state index contributed by atoms with van der Waals surface area (Å²) in [7, 11) is 0. The summed E-state index contributed by atoms with van der Waals surface area (Å²) in [5.41, 5.74) is 0.713. The van der Waals surface area contributed by atoms with Gasteiger partial charge in [0.15, 0.2) is 0 Å². The predicted octanol–water partition coefficient (Wildman–Crippen LogP) is 4.31. The van der Waals surface area contributed by atoms with E-state index in [-0.39, 0.29) is 18.0 Å². The summed E-state index contributed by atoms with van der Waals surface area (Å²) in [6.07, 6.45) is 8.58. The second-order valence-electron chi connectivity index (χ2n) is 6.26. The first-order valence-corrected chi connectivity index (χ1v) is 8.77. The number of cyclic esters (lactones) is 1. The van der Waals surface area contributed by atoms with Crippen molar-refractivity contribution in [2.24, 2.45) is 5.92 Å². The number of ether oxygens (including phenoxy) is 1. The van der Waals surface area contributed by atoms with E-state index in [1.165, 1.54) is 32.1 Å². The lowest BCUT2D eigenvalue weighted by molar-refractivity contribution is -0.146. The Kier molecular flexibility index (Phi) is 7.11. The van der Waals surface area contributed by atoms with Crippen LogP contribution in [0.1, 0.15) is 58.3 Å². The molecule has 0 spiro atoms. The standard InChI is InChI=1S/C19H27NO3/c1-2-3-4-5-6-10-13-16-14-17(19(22)23-16)18(21)20-15-11-8-7-9-12-15/h7-9,11-12,16-17H,2-6,10,13-14H2,1H3,(H,20,21)/t16-,17+/m0/s1. The summed E-state index contributed by atoms with van der Waals surface area (Å²) in [5.74, 6) is -1.30. The Bertz CT molecular complexity index is 501. The van der Waals surface area contributed by atoms with Crippen LogP contribution in [0.5, 0.6) is 0 Å². The van der Waals surface area contributed by atoms with Gasteiger partial charge in [0.1, 0.15) is 12.0 Å². The lowest BCUT2D eigenvalue weighted by Gasteiger charge is -2.08. The molecule has 2 rings (SSSR count). The molecule has 0 aliphatic carbocycles. The van der Waals surface area contributed by atoms with E-state index in [0.29, 0.717) is 12.1 Å². The first-order valence-electron chi connectivity index (χ1n) is 8.77. The molecule has 1 heterocycles. The molecule has 126 valence electrons. The lowest BCUT2D eigenvalue weighted by atomic mass is 10.00. The Morgan fingerprint density at radius 1 is 1.13 bits per heavy atom. The van der Waals surface area contributed by atoms with Gasteiger partial charge in [0.2, 0.25) is 5.91 Å². The van der Waals surface area contributed by atoms with Crippen LogP contribution >= 0.6 is 0 Å². The number of nitrogens with one attached hydrogen (secondary N) is 1. The summed E-state index contributed by atoms with van der Waals surface area (Å²) in [4.78, 5) is 24.1. The molecule has 1 N–H and O–H groups in total. The first-order chi connectivity index (χ1) is 11.2. The van der Waals surface area contributed by atoms with Crippen LogP contribution in [0.25, 0.3) is 0 Å². The zero-order valence-corrected chi connectivity index (χ0v) is 13.9. The SMILES string of the molecule is CCCCCCCC[C@H]1C[C@H](C(=O)Nc2ccccc2)C(=O)O1.